The van der Waals surface area contributed by atoms with E-state index < -0.39 is 12.0 Å². The number of benzene rings is 1. The molecule has 0 saturated carbocycles. The number of rotatable bonds is 3. The molecule has 1 aromatic carbocycles. The van der Waals surface area contributed by atoms with Crippen LogP contribution in [0.1, 0.15) is 23.2 Å². The molecule has 1 aromatic heterocycles. The van der Waals surface area contributed by atoms with Gasteiger partial charge in [0.1, 0.15) is 6.04 Å². The molecule has 0 radical (unpaired) electrons. The molecule has 1 fully saturated rings. The number of carboxylic acids is 1. The average molecular weight is 297 g/mol. The topological polar surface area (TPSA) is 83.4 Å². The molecule has 3 rings (SSSR count). The Morgan fingerprint density at radius 1 is 1.14 bits per heavy atom. The average Bonchev–Trinajstić information content (AvgIpc) is 3.05. The normalized spacial score (nSPS) is 17.5. The smallest absolute Gasteiger partial charge is 0.326 e. The van der Waals surface area contributed by atoms with Crippen LogP contribution in [0.5, 0.6) is 0 Å². The van der Waals surface area contributed by atoms with Crippen molar-refractivity contribution < 1.29 is 14.7 Å². The van der Waals surface area contributed by atoms with Gasteiger partial charge in [-0.05, 0) is 12.8 Å². The summed E-state index contributed by atoms with van der Waals surface area (Å²) in [6.07, 6.45) is 4.10. The van der Waals surface area contributed by atoms with Crippen LogP contribution in [-0.2, 0) is 4.79 Å². The number of nitrogens with zero attached hydrogens (tertiary/aromatic N) is 3. The molecular weight excluding hydrogens is 282 g/mol. The first kappa shape index (κ1) is 14.2. The third-order valence-corrected chi connectivity index (χ3v) is 3.73. The molecule has 1 amide bonds. The molecule has 6 heteroatoms. The summed E-state index contributed by atoms with van der Waals surface area (Å²) >= 11 is 0. The fourth-order valence-electron chi connectivity index (χ4n) is 2.61. The molecule has 2 aromatic rings. The van der Waals surface area contributed by atoms with Crippen molar-refractivity contribution in [2.75, 3.05) is 6.54 Å². The number of hydrogen-bond donors (Lipinski definition) is 1. The van der Waals surface area contributed by atoms with Gasteiger partial charge in [0, 0.05) is 24.5 Å². The quantitative estimate of drug-likeness (QED) is 0.934. The minimum Gasteiger partial charge on any atom is -0.480 e. The zero-order chi connectivity index (χ0) is 15.5. The van der Waals surface area contributed by atoms with E-state index in [4.69, 9.17) is 5.11 Å². The number of amides is 1. The standard InChI is InChI=1S/C16H15N3O3/c20-15(19-8-4-7-13(19)16(21)22)12-9-17-14(18-10-12)11-5-2-1-3-6-11/h1-3,5-6,9-10,13H,4,7-8H2,(H,21,22)/t13-/m0/s1. The highest BCUT2D eigenvalue weighted by molar-refractivity contribution is 5.96. The van der Waals surface area contributed by atoms with Gasteiger partial charge in [0.05, 0.1) is 5.56 Å². The van der Waals surface area contributed by atoms with Crippen LogP contribution in [0, 0.1) is 0 Å². The first-order valence-electron chi connectivity index (χ1n) is 7.08. The van der Waals surface area contributed by atoms with Crippen LogP contribution in [0.3, 0.4) is 0 Å². The van der Waals surface area contributed by atoms with Gasteiger partial charge in [0.2, 0.25) is 0 Å². The highest BCUT2D eigenvalue weighted by atomic mass is 16.4. The third-order valence-electron chi connectivity index (χ3n) is 3.73. The van der Waals surface area contributed by atoms with Gasteiger partial charge in [-0.25, -0.2) is 14.8 Å². The molecule has 0 bridgehead atoms. The van der Waals surface area contributed by atoms with E-state index in [0.29, 0.717) is 30.8 Å². The maximum atomic E-state index is 12.4. The Labute approximate surface area is 127 Å². The van der Waals surface area contributed by atoms with Crippen LogP contribution in [-0.4, -0.2) is 44.4 Å². The second-order valence-electron chi connectivity index (χ2n) is 5.16. The Kier molecular flexibility index (Phi) is 3.82. The lowest BCUT2D eigenvalue weighted by Crippen LogP contribution is -2.40. The molecule has 0 spiro atoms. The summed E-state index contributed by atoms with van der Waals surface area (Å²) in [6, 6.07) is 8.70. The highest BCUT2D eigenvalue weighted by Gasteiger charge is 2.34. The van der Waals surface area contributed by atoms with Gasteiger partial charge in [0.25, 0.3) is 5.91 Å². The molecule has 0 unspecified atom stereocenters. The zero-order valence-corrected chi connectivity index (χ0v) is 11.8. The number of aliphatic carboxylic acids is 1. The molecular formula is C16H15N3O3. The van der Waals surface area contributed by atoms with E-state index in [1.807, 2.05) is 30.3 Å². The van der Waals surface area contributed by atoms with E-state index in [2.05, 4.69) is 9.97 Å². The van der Waals surface area contributed by atoms with Crippen molar-refractivity contribution in [3.8, 4) is 11.4 Å². The molecule has 22 heavy (non-hydrogen) atoms. The van der Waals surface area contributed by atoms with Gasteiger partial charge >= 0.3 is 5.97 Å². The molecule has 2 heterocycles. The van der Waals surface area contributed by atoms with Crippen molar-refractivity contribution in [1.29, 1.82) is 0 Å². The van der Waals surface area contributed by atoms with Crippen LogP contribution in [0.25, 0.3) is 11.4 Å². The second kappa shape index (κ2) is 5.93. The van der Waals surface area contributed by atoms with E-state index >= 15 is 0 Å². The van der Waals surface area contributed by atoms with E-state index in [1.54, 1.807) is 0 Å². The van der Waals surface area contributed by atoms with Crippen molar-refractivity contribution in [3.63, 3.8) is 0 Å². The van der Waals surface area contributed by atoms with E-state index in [1.165, 1.54) is 17.3 Å². The molecule has 6 nitrogen and oxygen atoms in total. The number of carbonyl (C=O) groups excluding carboxylic acids is 1. The van der Waals surface area contributed by atoms with Crippen molar-refractivity contribution in [2.45, 2.75) is 18.9 Å². The summed E-state index contributed by atoms with van der Waals surface area (Å²) < 4.78 is 0. The molecule has 1 aliphatic heterocycles. The van der Waals surface area contributed by atoms with Gasteiger partial charge in [-0.1, -0.05) is 30.3 Å². The van der Waals surface area contributed by atoms with Crippen LogP contribution in [0.4, 0.5) is 0 Å². The molecule has 1 aliphatic rings. The lowest BCUT2D eigenvalue weighted by atomic mass is 10.2. The van der Waals surface area contributed by atoms with Gasteiger partial charge in [-0.15, -0.1) is 0 Å². The molecule has 0 aliphatic carbocycles. The predicted octanol–water partition coefficient (Wildman–Crippen LogP) is 1.83. The summed E-state index contributed by atoms with van der Waals surface area (Å²) in [6.45, 7) is 0.455. The number of hydrogen-bond acceptors (Lipinski definition) is 4. The van der Waals surface area contributed by atoms with Crippen LogP contribution in [0.15, 0.2) is 42.7 Å². The Morgan fingerprint density at radius 2 is 1.82 bits per heavy atom. The van der Waals surface area contributed by atoms with Crippen LogP contribution in [0.2, 0.25) is 0 Å². The van der Waals surface area contributed by atoms with Gasteiger partial charge < -0.3 is 10.0 Å². The Balaban J connectivity index is 1.81. The monoisotopic (exact) mass is 297 g/mol. The molecule has 1 atom stereocenters. The Bertz CT molecular complexity index is 686. The zero-order valence-electron chi connectivity index (χ0n) is 11.8. The first-order chi connectivity index (χ1) is 10.7. The largest absolute Gasteiger partial charge is 0.480 e. The van der Waals surface area contributed by atoms with Crippen molar-refractivity contribution >= 4 is 11.9 Å². The van der Waals surface area contributed by atoms with E-state index in [-0.39, 0.29) is 5.91 Å². The molecule has 1 N–H and O–H groups in total. The summed E-state index contributed by atoms with van der Waals surface area (Å²) in [5, 5.41) is 9.15. The summed E-state index contributed by atoms with van der Waals surface area (Å²) in [5.74, 6) is -0.759. The predicted molar refractivity (Wildman–Crippen MR) is 79.2 cm³/mol. The van der Waals surface area contributed by atoms with Gasteiger partial charge in [0.15, 0.2) is 5.82 Å². The molecule has 1 saturated heterocycles. The van der Waals surface area contributed by atoms with Crippen molar-refractivity contribution in [1.82, 2.24) is 14.9 Å². The summed E-state index contributed by atoms with van der Waals surface area (Å²) in [7, 11) is 0. The fraction of sp³-hybridized carbons (Fsp3) is 0.250. The Hall–Kier alpha value is -2.76. The van der Waals surface area contributed by atoms with Crippen LogP contribution >= 0.6 is 0 Å². The van der Waals surface area contributed by atoms with Gasteiger partial charge in [-0.2, -0.15) is 0 Å². The maximum absolute atomic E-state index is 12.4. The minimum atomic E-state index is -0.965. The lowest BCUT2D eigenvalue weighted by molar-refractivity contribution is -0.141. The number of aromatic nitrogens is 2. The number of carboxylic acid groups (broad SMARTS) is 1. The SMILES string of the molecule is O=C(O)[C@@H]1CCCN1C(=O)c1cnc(-c2ccccc2)nc1. The highest BCUT2D eigenvalue weighted by Crippen LogP contribution is 2.20. The Morgan fingerprint density at radius 3 is 2.45 bits per heavy atom. The third kappa shape index (κ3) is 2.67. The van der Waals surface area contributed by atoms with Gasteiger partial charge in [-0.3, -0.25) is 4.79 Å². The summed E-state index contributed by atoms with van der Waals surface area (Å²) in [5.41, 5.74) is 1.18. The van der Waals surface area contributed by atoms with Crippen LogP contribution < -0.4 is 0 Å². The fourth-order valence-corrected chi connectivity index (χ4v) is 2.61. The second-order valence-corrected chi connectivity index (χ2v) is 5.16. The summed E-state index contributed by atoms with van der Waals surface area (Å²) in [4.78, 5) is 33.3. The van der Waals surface area contributed by atoms with E-state index in [9.17, 15) is 9.59 Å². The van der Waals surface area contributed by atoms with Crippen molar-refractivity contribution in [2.24, 2.45) is 0 Å². The minimum absolute atomic E-state index is 0.313. The number of likely N-dealkylation sites (tertiary alicyclic amines) is 1. The maximum Gasteiger partial charge on any atom is 0.326 e. The van der Waals surface area contributed by atoms with E-state index in [0.717, 1.165) is 5.56 Å². The number of carbonyl (C=O) groups is 2. The first-order valence-corrected chi connectivity index (χ1v) is 7.08. The molecule has 112 valence electrons. The van der Waals surface area contributed by atoms with Crippen molar-refractivity contribution in [3.05, 3.63) is 48.3 Å². The lowest BCUT2D eigenvalue weighted by Gasteiger charge is -2.21.